The average molecular weight is 597 g/mol. The summed E-state index contributed by atoms with van der Waals surface area (Å²) in [4.78, 5) is 66.7. The standard InChI is InChI=1S/C29H40N8O6/c30-20(12-7-15-34-29(32)33)25(39)36-22(16-18-8-3-1-4-9-18)27(41)37-23(17-19-10-5-2-6-11-19)26(40)35-21(28(42)43)13-14-24(31)38/h1-6,8-11,20-23H,7,12-17,30H2,(H2,31,38)(H,35,40)(H,36,39)(H,37,41)(H,42,43)(H4,32,33,34). The molecular formula is C29H40N8O6. The molecule has 4 atom stereocenters. The van der Waals surface area contributed by atoms with Gasteiger partial charge in [-0.2, -0.15) is 0 Å². The number of nitrogens with zero attached hydrogens (tertiary/aromatic N) is 1. The number of aliphatic carboxylic acids is 1. The van der Waals surface area contributed by atoms with Gasteiger partial charge in [-0.25, -0.2) is 4.79 Å². The zero-order valence-electron chi connectivity index (χ0n) is 23.8. The number of carbonyl (C=O) groups is 5. The largest absolute Gasteiger partial charge is 0.480 e. The van der Waals surface area contributed by atoms with Gasteiger partial charge in [-0.15, -0.1) is 0 Å². The van der Waals surface area contributed by atoms with E-state index in [4.69, 9.17) is 22.9 Å². The maximum atomic E-state index is 13.6. The molecule has 14 nitrogen and oxygen atoms in total. The molecule has 0 fully saturated rings. The highest BCUT2D eigenvalue weighted by Crippen LogP contribution is 2.09. The molecule has 14 heteroatoms. The van der Waals surface area contributed by atoms with Crippen molar-refractivity contribution in [3.8, 4) is 0 Å². The van der Waals surface area contributed by atoms with Crippen LogP contribution in [0.4, 0.5) is 0 Å². The molecule has 0 bridgehead atoms. The number of amides is 4. The lowest BCUT2D eigenvalue weighted by Crippen LogP contribution is -2.58. The second kappa shape index (κ2) is 17.7. The Bertz CT molecular complexity index is 1250. The Morgan fingerprint density at radius 2 is 1.16 bits per heavy atom. The summed E-state index contributed by atoms with van der Waals surface area (Å²) in [6.45, 7) is 0.282. The van der Waals surface area contributed by atoms with Crippen molar-refractivity contribution >= 4 is 35.6 Å². The Hall–Kier alpha value is -4.98. The van der Waals surface area contributed by atoms with Crippen LogP contribution in [0.2, 0.25) is 0 Å². The first-order valence-electron chi connectivity index (χ1n) is 13.8. The number of benzene rings is 2. The molecule has 4 unspecified atom stereocenters. The number of hydrogen-bond donors (Lipinski definition) is 8. The van der Waals surface area contributed by atoms with Crippen LogP contribution < -0.4 is 38.9 Å². The van der Waals surface area contributed by atoms with E-state index in [9.17, 15) is 29.1 Å². The normalized spacial score (nSPS) is 13.4. The third kappa shape index (κ3) is 13.0. The van der Waals surface area contributed by atoms with Crippen LogP contribution in [0.1, 0.15) is 36.8 Å². The van der Waals surface area contributed by atoms with E-state index in [-0.39, 0.29) is 44.6 Å². The molecule has 43 heavy (non-hydrogen) atoms. The van der Waals surface area contributed by atoms with E-state index in [2.05, 4.69) is 20.9 Å². The molecule has 0 aromatic heterocycles. The van der Waals surface area contributed by atoms with E-state index in [0.29, 0.717) is 12.0 Å². The molecule has 0 spiro atoms. The molecule has 0 heterocycles. The van der Waals surface area contributed by atoms with Gasteiger partial charge in [0.15, 0.2) is 5.96 Å². The van der Waals surface area contributed by atoms with Crippen LogP contribution in [0.25, 0.3) is 0 Å². The summed E-state index contributed by atoms with van der Waals surface area (Å²) in [6.07, 6.45) is 0.317. The van der Waals surface area contributed by atoms with Gasteiger partial charge in [0.1, 0.15) is 18.1 Å². The molecule has 0 saturated carbocycles. The molecule has 0 radical (unpaired) electrons. The first-order chi connectivity index (χ1) is 20.5. The lowest BCUT2D eigenvalue weighted by molar-refractivity contribution is -0.142. The van der Waals surface area contributed by atoms with Gasteiger partial charge >= 0.3 is 5.97 Å². The molecule has 12 N–H and O–H groups in total. The molecule has 2 rings (SSSR count). The van der Waals surface area contributed by atoms with E-state index >= 15 is 0 Å². The van der Waals surface area contributed by atoms with Crippen LogP contribution in [-0.4, -0.2) is 71.4 Å². The van der Waals surface area contributed by atoms with Gasteiger partial charge in [0.25, 0.3) is 0 Å². The first kappa shape index (κ1) is 34.2. The van der Waals surface area contributed by atoms with Crippen molar-refractivity contribution in [2.45, 2.75) is 62.7 Å². The fourth-order valence-electron chi connectivity index (χ4n) is 4.14. The van der Waals surface area contributed by atoms with Crippen molar-refractivity contribution in [3.05, 3.63) is 71.8 Å². The van der Waals surface area contributed by atoms with Gasteiger partial charge in [0.05, 0.1) is 6.04 Å². The van der Waals surface area contributed by atoms with Crippen molar-refractivity contribution in [1.82, 2.24) is 16.0 Å². The predicted octanol–water partition coefficient (Wildman–Crippen LogP) is -1.34. The fourth-order valence-corrected chi connectivity index (χ4v) is 4.14. The summed E-state index contributed by atoms with van der Waals surface area (Å²) in [7, 11) is 0. The summed E-state index contributed by atoms with van der Waals surface area (Å²) >= 11 is 0. The summed E-state index contributed by atoms with van der Waals surface area (Å²) in [5, 5.41) is 17.3. The van der Waals surface area contributed by atoms with Gasteiger partial charge in [0.2, 0.25) is 23.6 Å². The van der Waals surface area contributed by atoms with Gasteiger partial charge in [0, 0.05) is 25.8 Å². The predicted molar refractivity (Wildman–Crippen MR) is 160 cm³/mol. The molecule has 4 amide bonds. The summed E-state index contributed by atoms with van der Waals surface area (Å²) in [6, 6.07) is 13.0. The van der Waals surface area contributed by atoms with E-state index in [0.717, 1.165) is 5.56 Å². The van der Waals surface area contributed by atoms with Crippen LogP contribution in [0.15, 0.2) is 65.7 Å². The Morgan fingerprint density at radius 3 is 1.60 bits per heavy atom. The molecule has 2 aromatic rings. The Morgan fingerprint density at radius 1 is 0.698 bits per heavy atom. The van der Waals surface area contributed by atoms with E-state index in [1.54, 1.807) is 60.7 Å². The number of rotatable bonds is 18. The van der Waals surface area contributed by atoms with Gasteiger partial charge in [-0.3, -0.25) is 24.2 Å². The second-order valence-electron chi connectivity index (χ2n) is 9.96. The maximum Gasteiger partial charge on any atom is 0.326 e. The molecule has 0 saturated heterocycles. The number of carbonyl (C=O) groups excluding carboxylic acids is 4. The van der Waals surface area contributed by atoms with Crippen LogP contribution in [0.3, 0.4) is 0 Å². The highest BCUT2D eigenvalue weighted by atomic mass is 16.4. The highest BCUT2D eigenvalue weighted by Gasteiger charge is 2.31. The fraction of sp³-hybridized carbons (Fsp3) is 0.379. The van der Waals surface area contributed by atoms with Crippen molar-refractivity contribution in [2.75, 3.05) is 6.54 Å². The Labute approximate surface area is 249 Å². The molecule has 232 valence electrons. The number of carboxylic acids is 1. The Balaban J connectivity index is 2.25. The highest BCUT2D eigenvalue weighted by molar-refractivity contribution is 5.94. The minimum Gasteiger partial charge on any atom is -0.480 e. The quantitative estimate of drug-likeness (QED) is 0.0574. The lowest BCUT2D eigenvalue weighted by atomic mass is 10.0. The molecule has 2 aromatic carbocycles. The average Bonchev–Trinajstić information content (AvgIpc) is 2.97. The maximum absolute atomic E-state index is 13.6. The molecular weight excluding hydrogens is 556 g/mol. The summed E-state index contributed by atoms with van der Waals surface area (Å²) in [5.41, 5.74) is 23.3. The number of hydrogen-bond acceptors (Lipinski definition) is 7. The van der Waals surface area contributed by atoms with Gasteiger partial charge < -0.3 is 44.0 Å². The summed E-state index contributed by atoms with van der Waals surface area (Å²) in [5.74, 6) is -4.19. The smallest absolute Gasteiger partial charge is 0.326 e. The number of carboxylic acid groups (broad SMARTS) is 1. The van der Waals surface area contributed by atoms with Gasteiger partial charge in [-0.1, -0.05) is 60.7 Å². The van der Waals surface area contributed by atoms with Crippen molar-refractivity contribution in [1.29, 1.82) is 0 Å². The lowest BCUT2D eigenvalue weighted by Gasteiger charge is -2.25. The SMILES string of the molecule is NC(=O)CCC(NC(=O)C(Cc1ccccc1)NC(=O)C(Cc1ccccc1)NC(=O)C(N)CCCN=C(N)N)C(=O)O. The van der Waals surface area contributed by atoms with Crippen LogP contribution >= 0.6 is 0 Å². The molecule has 0 aliphatic carbocycles. The van der Waals surface area contributed by atoms with Crippen molar-refractivity contribution in [3.63, 3.8) is 0 Å². The Kier molecular flexibility index (Phi) is 14.1. The minimum absolute atomic E-state index is 0.0247. The van der Waals surface area contributed by atoms with E-state index in [1.165, 1.54) is 0 Å². The third-order valence-electron chi connectivity index (χ3n) is 6.43. The minimum atomic E-state index is -1.41. The number of nitrogens with one attached hydrogen (secondary N) is 3. The van der Waals surface area contributed by atoms with E-state index in [1.807, 2.05) is 0 Å². The van der Waals surface area contributed by atoms with Crippen molar-refractivity contribution < 1.29 is 29.1 Å². The number of aliphatic imine (C=N–C) groups is 1. The third-order valence-corrected chi connectivity index (χ3v) is 6.43. The number of primary amides is 1. The molecule has 0 aliphatic rings. The van der Waals surface area contributed by atoms with E-state index < -0.39 is 53.8 Å². The number of nitrogens with two attached hydrogens (primary N) is 4. The summed E-state index contributed by atoms with van der Waals surface area (Å²) < 4.78 is 0. The molecule has 0 aliphatic heterocycles. The van der Waals surface area contributed by atoms with Crippen LogP contribution in [0.5, 0.6) is 0 Å². The zero-order valence-corrected chi connectivity index (χ0v) is 23.8. The second-order valence-corrected chi connectivity index (χ2v) is 9.96. The monoisotopic (exact) mass is 596 g/mol. The van der Waals surface area contributed by atoms with Crippen molar-refractivity contribution in [2.24, 2.45) is 27.9 Å². The van der Waals surface area contributed by atoms with Crippen LogP contribution in [0, 0.1) is 0 Å². The first-order valence-corrected chi connectivity index (χ1v) is 13.8. The van der Waals surface area contributed by atoms with Crippen LogP contribution in [-0.2, 0) is 36.8 Å². The van der Waals surface area contributed by atoms with Gasteiger partial charge in [-0.05, 0) is 30.4 Å². The zero-order chi connectivity index (χ0) is 31.8. The number of guanidine groups is 1. The topological polar surface area (TPSA) is 258 Å².